The molecule has 1 fully saturated rings. The van der Waals surface area contributed by atoms with Gasteiger partial charge < -0.3 is 14.2 Å². The maximum Gasteiger partial charge on any atom is 0.201 e. The van der Waals surface area contributed by atoms with Gasteiger partial charge in [0.1, 0.15) is 5.82 Å². The van der Waals surface area contributed by atoms with Gasteiger partial charge in [-0.25, -0.2) is 8.78 Å². The molecule has 0 aromatic heterocycles. The van der Waals surface area contributed by atoms with Crippen molar-refractivity contribution in [1.82, 2.24) is 0 Å². The number of halogens is 3. The Morgan fingerprint density at radius 2 is 1.49 bits per heavy atom. The van der Waals surface area contributed by atoms with Crippen molar-refractivity contribution < 1.29 is 27.4 Å². The molecule has 1 saturated heterocycles. The Balaban J connectivity index is 1.42. The number of ether oxygens (including phenoxy) is 3. The Hall–Kier alpha value is -3.09. The highest BCUT2D eigenvalue weighted by atomic mass is 19.2. The Kier molecular flexibility index (Phi) is 9.42. The number of unbranched alkanes of at least 4 members (excludes halogenated alkanes) is 4. The Labute approximate surface area is 216 Å². The van der Waals surface area contributed by atoms with Crippen LogP contribution in [0, 0.1) is 23.4 Å². The van der Waals surface area contributed by atoms with E-state index in [1.54, 1.807) is 42.5 Å². The van der Waals surface area contributed by atoms with Gasteiger partial charge in [-0.05, 0) is 35.7 Å². The van der Waals surface area contributed by atoms with E-state index >= 15 is 0 Å². The summed E-state index contributed by atoms with van der Waals surface area (Å²) in [5, 5.41) is 0. The number of hydrogen-bond donors (Lipinski definition) is 0. The third-order valence-corrected chi connectivity index (χ3v) is 6.58. The minimum Gasteiger partial charge on any atom is -0.490 e. The van der Waals surface area contributed by atoms with Crippen LogP contribution in [0.25, 0.3) is 22.3 Å². The highest BCUT2D eigenvalue weighted by Crippen LogP contribution is 2.33. The lowest BCUT2D eigenvalue weighted by Gasteiger charge is -2.28. The molecule has 0 unspecified atom stereocenters. The van der Waals surface area contributed by atoms with Gasteiger partial charge >= 0.3 is 0 Å². The largest absolute Gasteiger partial charge is 0.490 e. The first-order valence-electron chi connectivity index (χ1n) is 12.9. The lowest BCUT2D eigenvalue weighted by molar-refractivity contribution is -0.197. The maximum absolute atomic E-state index is 15.0. The van der Waals surface area contributed by atoms with E-state index in [1.807, 2.05) is 0 Å². The molecule has 4 rings (SSSR count). The lowest BCUT2D eigenvalue weighted by atomic mass is 9.98. The van der Waals surface area contributed by atoms with E-state index in [2.05, 4.69) is 13.5 Å². The molecule has 3 aromatic rings. The molecule has 1 aliphatic heterocycles. The van der Waals surface area contributed by atoms with Crippen molar-refractivity contribution in [3.8, 4) is 28.0 Å². The fourth-order valence-corrected chi connectivity index (χ4v) is 4.34. The lowest BCUT2D eigenvalue weighted by Crippen LogP contribution is -2.25. The quantitative estimate of drug-likeness (QED) is 0.191. The summed E-state index contributed by atoms with van der Waals surface area (Å²) >= 11 is 0. The zero-order valence-corrected chi connectivity index (χ0v) is 21.2. The van der Waals surface area contributed by atoms with Gasteiger partial charge in [0, 0.05) is 22.6 Å². The first-order valence-corrected chi connectivity index (χ1v) is 12.9. The fourth-order valence-electron chi connectivity index (χ4n) is 4.34. The summed E-state index contributed by atoms with van der Waals surface area (Å²) < 4.78 is 61.2. The average Bonchev–Trinajstić information content (AvgIpc) is 2.93. The first kappa shape index (κ1) is 27.0. The molecular weight excluding hydrogens is 477 g/mol. The van der Waals surface area contributed by atoms with Gasteiger partial charge in [-0.1, -0.05) is 75.1 Å². The van der Waals surface area contributed by atoms with Gasteiger partial charge in [0.15, 0.2) is 17.9 Å². The van der Waals surface area contributed by atoms with Crippen LogP contribution >= 0.6 is 0 Å². The number of hydrogen-bond acceptors (Lipinski definition) is 3. The summed E-state index contributed by atoms with van der Waals surface area (Å²) in [5.74, 6) is -2.33. The van der Waals surface area contributed by atoms with Crippen LogP contribution in [0.5, 0.6) is 5.75 Å². The van der Waals surface area contributed by atoms with Gasteiger partial charge in [-0.2, -0.15) is 4.39 Å². The Bertz CT molecular complexity index is 1190. The molecule has 196 valence electrons. The zero-order valence-electron chi connectivity index (χ0n) is 21.2. The molecule has 0 atom stereocenters. The summed E-state index contributed by atoms with van der Waals surface area (Å²) in [7, 11) is 0. The van der Waals surface area contributed by atoms with Crippen molar-refractivity contribution in [2.45, 2.75) is 45.3 Å². The summed E-state index contributed by atoms with van der Waals surface area (Å²) in [4.78, 5) is 0. The number of benzene rings is 3. The highest BCUT2D eigenvalue weighted by Gasteiger charge is 2.23. The SMILES string of the molecule is C=CC1COC(c2ccc(-c3ccc(-c4ccc(OCCCCCCC)c(F)c4F)cc3)c(F)c2)OC1. The molecule has 1 aliphatic rings. The first-order chi connectivity index (χ1) is 18.0. The summed E-state index contributed by atoms with van der Waals surface area (Å²) in [6, 6.07) is 14.5. The summed E-state index contributed by atoms with van der Waals surface area (Å²) in [6.45, 7) is 7.18. The van der Waals surface area contributed by atoms with E-state index in [-0.39, 0.29) is 17.2 Å². The van der Waals surface area contributed by atoms with Crippen LogP contribution < -0.4 is 4.74 Å². The molecule has 0 amide bonds. The highest BCUT2D eigenvalue weighted by molar-refractivity contribution is 5.71. The normalized spacial score (nSPS) is 17.5. The van der Waals surface area contributed by atoms with Gasteiger partial charge in [-0.15, -0.1) is 6.58 Å². The third-order valence-electron chi connectivity index (χ3n) is 6.58. The molecule has 0 spiro atoms. The Morgan fingerprint density at radius 1 is 0.838 bits per heavy atom. The minimum absolute atomic E-state index is 0.0820. The van der Waals surface area contributed by atoms with Crippen molar-refractivity contribution >= 4 is 0 Å². The van der Waals surface area contributed by atoms with E-state index in [0.717, 1.165) is 32.1 Å². The van der Waals surface area contributed by atoms with E-state index in [9.17, 15) is 13.2 Å². The van der Waals surface area contributed by atoms with Crippen LogP contribution in [0.15, 0.2) is 67.3 Å². The van der Waals surface area contributed by atoms with Crippen LogP contribution in [0.3, 0.4) is 0 Å². The second-order valence-electron chi connectivity index (χ2n) is 9.31. The molecule has 0 bridgehead atoms. The van der Waals surface area contributed by atoms with Gasteiger partial charge in [-0.3, -0.25) is 0 Å². The average molecular weight is 511 g/mol. The molecule has 3 nitrogen and oxygen atoms in total. The molecule has 0 aliphatic carbocycles. The van der Waals surface area contributed by atoms with Crippen LogP contribution in [0.4, 0.5) is 13.2 Å². The van der Waals surface area contributed by atoms with Crippen molar-refractivity contribution in [3.05, 3.63) is 90.3 Å². The second-order valence-corrected chi connectivity index (χ2v) is 9.31. The topological polar surface area (TPSA) is 27.7 Å². The zero-order chi connectivity index (χ0) is 26.2. The smallest absolute Gasteiger partial charge is 0.201 e. The van der Waals surface area contributed by atoms with Gasteiger partial charge in [0.05, 0.1) is 19.8 Å². The third kappa shape index (κ3) is 6.62. The van der Waals surface area contributed by atoms with Crippen LogP contribution in [0.1, 0.15) is 50.9 Å². The van der Waals surface area contributed by atoms with Crippen molar-refractivity contribution in [1.29, 1.82) is 0 Å². The van der Waals surface area contributed by atoms with E-state index in [1.165, 1.54) is 18.2 Å². The van der Waals surface area contributed by atoms with Crippen LogP contribution in [-0.4, -0.2) is 19.8 Å². The molecule has 1 heterocycles. The minimum atomic E-state index is -0.997. The van der Waals surface area contributed by atoms with E-state index in [0.29, 0.717) is 42.1 Å². The molecular formula is C31H33F3O3. The molecule has 6 heteroatoms. The van der Waals surface area contributed by atoms with Gasteiger partial charge in [0.2, 0.25) is 5.82 Å². The molecule has 37 heavy (non-hydrogen) atoms. The summed E-state index contributed by atoms with van der Waals surface area (Å²) in [6.07, 6.45) is 6.39. The monoisotopic (exact) mass is 510 g/mol. The second kappa shape index (κ2) is 12.9. The van der Waals surface area contributed by atoms with Crippen LogP contribution in [0.2, 0.25) is 0 Å². The predicted octanol–water partition coefficient (Wildman–Crippen LogP) is 8.63. The predicted molar refractivity (Wildman–Crippen MR) is 140 cm³/mol. The molecule has 0 radical (unpaired) electrons. The number of rotatable bonds is 11. The van der Waals surface area contributed by atoms with E-state index in [4.69, 9.17) is 14.2 Å². The van der Waals surface area contributed by atoms with Crippen LogP contribution in [-0.2, 0) is 9.47 Å². The molecule has 0 N–H and O–H groups in total. The van der Waals surface area contributed by atoms with Gasteiger partial charge in [0.25, 0.3) is 0 Å². The Morgan fingerprint density at radius 3 is 2.14 bits per heavy atom. The fraction of sp³-hybridized carbons (Fsp3) is 0.355. The molecule has 0 saturated carbocycles. The standard InChI is InChI=1S/C31H33F3O3/c1-3-5-6-7-8-17-35-28-16-15-26(29(33)30(28)34)23-11-9-22(10-12-23)25-14-13-24(18-27(25)32)31-36-19-21(4-2)20-37-31/h4,9-16,18,21,31H,2-3,5-8,17,19-20H2,1H3. The molecule has 3 aromatic carbocycles. The van der Waals surface area contributed by atoms with Crippen molar-refractivity contribution in [3.63, 3.8) is 0 Å². The van der Waals surface area contributed by atoms with E-state index < -0.39 is 23.7 Å². The maximum atomic E-state index is 15.0. The van der Waals surface area contributed by atoms with Crippen molar-refractivity contribution in [2.24, 2.45) is 5.92 Å². The summed E-state index contributed by atoms with van der Waals surface area (Å²) in [5.41, 5.74) is 2.23. The van der Waals surface area contributed by atoms with Crippen molar-refractivity contribution in [2.75, 3.05) is 19.8 Å².